The standard InChI is InChI=1S/C28H34N2O8/c29-23(19-21-9-3-1-4-10-21)27(33)37-17-7-15-35-25(31)13-14-26(32)36-16-8-18-38-28(34)24(30)20-22-11-5-2-6-12-22/h1-6,9-14,23-24H,7-8,15-20,29-30H2/b14-13+/t23-,24-/m0/s1. The Hall–Kier alpha value is -4.02. The molecule has 0 amide bonds. The van der Waals surface area contributed by atoms with E-state index < -0.39 is 36.0 Å². The number of nitrogens with two attached hydrogens (primary N) is 2. The topological polar surface area (TPSA) is 157 Å². The van der Waals surface area contributed by atoms with Gasteiger partial charge >= 0.3 is 23.9 Å². The van der Waals surface area contributed by atoms with Crippen LogP contribution in [0, 0.1) is 0 Å². The van der Waals surface area contributed by atoms with Gasteiger partial charge in [0.2, 0.25) is 0 Å². The van der Waals surface area contributed by atoms with E-state index in [0.717, 1.165) is 23.3 Å². The first-order valence-corrected chi connectivity index (χ1v) is 12.3. The molecule has 2 aromatic rings. The highest BCUT2D eigenvalue weighted by Crippen LogP contribution is 2.04. The lowest BCUT2D eigenvalue weighted by Crippen LogP contribution is -2.34. The van der Waals surface area contributed by atoms with Crippen molar-refractivity contribution in [1.82, 2.24) is 0 Å². The van der Waals surface area contributed by atoms with E-state index in [1.807, 2.05) is 60.7 Å². The average molecular weight is 527 g/mol. The van der Waals surface area contributed by atoms with Crippen LogP contribution in [-0.4, -0.2) is 62.4 Å². The zero-order chi connectivity index (χ0) is 27.6. The molecule has 0 saturated carbocycles. The summed E-state index contributed by atoms with van der Waals surface area (Å²) in [6.07, 6.45) is 3.16. The Labute approximate surface area is 221 Å². The number of hydrogen-bond acceptors (Lipinski definition) is 10. The van der Waals surface area contributed by atoms with E-state index >= 15 is 0 Å². The van der Waals surface area contributed by atoms with Crippen molar-refractivity contribution in [2.24, 2.45) is 11.5 Å². The molecule has 0 saturated heterocycles. The lowest BCUT2D eigenvalue weighted by atomic mass is 10.1. The van der Waals surface area contributed by atoms with E-state index in [1.54, 1.807) is 0 Å². The van der Waals surface area contributed by atoms with Gasteiger partial charge in [-0.25, -0.2) is 9.59 Å². The molecule has 2 aromatic carbocycles. The lowest BCUT2D eigenvalue weighted by molar-refractivity contribution is -0.147. The highest BCUT2D eigenvalue weighted by Gasteiger charge is 2.16. The molecule has 0 aromatic heterocycles. The van der Waals surface area contributed by atoms with Crippen LogP contribution in [0.2, 0.25) is 0 Å². The molecule has 38 heavy (non-hydrogen) atoms. The molecule has 2 atom stereocenters. The third-order valence-electron chi connectivity index (χ3n) is 5.11. The van der Waals surface area contributed by atoms with Gasteiger partial charge in [0.25, 0.3) is 0 Å². The van der Waals surface area contributed by atoms with Crippen LogP contribution in [0.15, 0.2) is 72.8 Å². The molecule has 10 nitrogen and oxygen atoms in total. The number of carbonyl (C=O) groups excluding carboxylic acids is 4. The molecule has 0 aliphatic rings. The van der Waals surface area contributed by atoms with Crippen LogP contribution in [0.3, 0.4) is 0 Å². The van der Waals surface area contributed by atoms with Crippen molar-refractivity contribution in [2.45, 2.75) is 37.8 Å². The van der Waals surface area contributed by atoms with Gasteiger partial charge in [-0.15, -0.1) is 0 Å². The van der Waals surface area contributed by atoms with Gasteiger partial charge in [0.05, 0.1) is 26.4 Å². The summed E-state index contributed by atoms with van der Waals surface area (Å²) in [5, 5.41) is 0. The normalized spacial score (nSPS) is 12.4. The fraction of sp³-hybridized carbons (Fsp3) is 0.357. The molecule has 0 radical (unpaired) electrons. The fourth-order valence-electron chi connectivity index (χ4n) is 3.16. The summed E-state index contributed by atoms with van der Waals surface area (Å²) in [5.41, 5.74) is 13.5. The minimum atomic E-state index is -0.779. The molecule has 0 spiro atoms. The lowest BCUT2D eigenvalue weighted by Gasteiger charge is -2.11. The fourth-order valence-corrected chi connectivity index (χ4v) is 3.16. The van der Waals surface area contributed by atoms with Crippen LogP contribution in [0.5, 0.6) is 0 Å². The molecule has 0 unspecified atom stereocenters. The van der Waals surface area contributed by atoms with Crippen molar-refractivity contribution in [2.75, 3.05) is 26.4 Å². The molecule has 204 valence electrons. The van der Waals surface area contributed by atoms with E-state index in [1.165, 1.54) is 0 Å². The second-order valence-electron chi connectivity index (χ2n) is 8.30. The van der Waals surface area contributed by atoms with Crippen LogP contribution in [0.1, 0.15) is 24.0 Å². The highest BCUT2D eigenvalue weighted by atomic mass is 16.6. The molecule has 0 aliphatic carbocycles. The summed E-state index contributed by atoms with van der Waals surface area (Å²) >= 11 is 0. The van der Waals surface area contributed by atoms with Gasteiger partial charge < -0.3 is 30.4 Å². The minimum Gasteiger partial charge on any atom is -0.464 e. The van der Waals surface area contributed by atoms with Crippen molar-refractivity contribution >= 4 is 23.9 Å². The minimum absolute atomic E-state index is 0.00278. The maximum Gasteiger partial charge on any atom is 0.331 e. The predicted octanol–water partition coefficient (Wildman–Crippen LogP) is 1.64. The molecule has 4 N–H and O–H groups in total. The van der Waals surface area contributed by atoms with Gasteiger partial charge in [-0.3, -0.25) is 9.59 Å². The monoisotopic (exact) mass is 526 g/mol. The first-order chi connectivity index (χ1) is 18.3. The summed E-state index contributed by atoms with van der Waals surface area (Å²) in [4.78, 5) is 47.2. The molecule has 0 fully saturated rings. The summed E-state index contributed by atoms with van der Waals surface area (Å²) < 4.78 is 20.1. The number of esters is 4. The van der Waals surface area contributed by atoms with E-state index in [0.29, 0.717) is 12.8 Å². The molecule has 0 heterocycles. The predicted molar refractivity (Wildman–Crippen MR) is 138 cm³/mol. The van der Waals surface area contributed by atoms with E-state index in [4.69, 9.17) is 30.4 Å². The molecular formula is C28H34N2O8. The number of ether oxygens (including phenoxy) is 4. The zero-order valence-electron chi connectivity index (χ0n) is 21.2. The summed E-state index contributed by atoms with van der Waals surface area (Å²) in [7, 11) is 0. The van der Waals surface area contributed by atoms with E-state index in [2.05, 4.69) is 0 Å². The summed E-state index contributed by atoms with van der Waals surface area (Å²) in [6, 6.07) is 17.1. The number of benzene rings is 2. The van der Waals surface area contributed by atoms with Crippen LogP contribution in [-0.2, 0) is 51.0 Å². The second kappa shape index (κ2) is 17.4. The van der Waals surface area contributed by atoms with E-state index in [-0.39, 0.29) is 39.3 Å². The third-order valence-corrected chi connectivity index (χ3v) is 5.11. The quantitative estimate of drug-likeness (QED) is 0.143. The molecule has 2 rings (SSSR count). The number of carbonyl (C=O) groups is 4. The first-order valence-electron chi connectivity index (χ1n) is 12.3. The number of hydrogen-bond donors (Lipinski definition) is 2. The Morgan fingerprint density at radius 1 is 0.579 bits per heavy atom. The van der Waals surface area contributed by atoms with Crippen LogP contribution < -0.4 is 11.5 Å². The SMILES string of the molecule is N[C@@H](Cc1ccccc1)C(=O)OCCCOC(=O)/C=C/C(=O)OCCCOC(=O)[C@@H](N)Cc1ccccc1. The molecule has 10 heteroatoms. The Balaban J connectivity index is 1.48. The van der Waals surface area contributed by atoms with E-state index in [9.17, 15) is 19.2 Å². The van der Waals surface area contributed by atoms with Crippen LogP contribution in [0.25, 0.3) is 0 Å². The molecule has 0 bridgehead atoms. The largest absolute Gasteiger partial charge is 0.464 e. The molecule has 0 aliphatic heterocycles. The van der Waals surface area contributed by atoms with Crippen molar-refractivity contribution < 1.29 is 38.1 Å². The number of rotatable bonds is 16. The Morgan fingerprint density at radius 3 is 1.29 bits per heavy atom. The van der Waals surface area contributed by atoms with Crippen molar-refractivity contribution in [3.8, 4) is 0 Å². The van der Waals surface area contributed by atoms with Crippen LogP contribution in [0.4, 0.5) is 0 Å². The molecular weight excluding hydrogens is 492 g/mol. The van der Waals surface area contributed by atoms with Gasteiger partial charge in [0.15, 0.2) is 0 Å². The van der Waals surface area contributed by atoms with Gasteiger partial charge in [-0.05, 0) is 24.0 Å². The second-order valence-corrected chi connectivity index (χ2v) is 8.30. The first kappa shape index (κ1) is 30.2. The smallest absolute Gasteiger partial charge is 0.331 e. The Bertz CT molecular complexity index is 960. The summed E-state index contributed by atoms with van der Waals surface area (Å²) in [5.74, 6) is -2.55. The van der Waals surface area contributed by atoms with Gasteiger partial charge in [-0.2, -0.15) is 0 Å². The van der Waals surface area contributed by atoms with Crippen molar-refractivity contribution in [3.05, 3.63) is 83.9 Å². The van der Waals surface area contributed by atoms with Gasteiger partial charge in [0.1, 0.15) is 12.1 Å². The van der Waals surface area contributed by atoms with Gasteiger partial charge in [-0.1, -0.05) is 60.7 Å². The maximum atomic E-state index is 11.9. The summed E-state index contributed by atoms with van der Waals surface area (Å²) in [6.45, 7) is 0.0819. The van der Waals surface area contributed by atoms with Crippen molar-refractivity contribution in [3.63, 3.8) is 0 Å². The van der Waals surface area contributed by atoms with Crippen LogP contribution >= 0.6 is 0 Å². The Kier molecular flexibility index (Phi) is 13.9. The zero-order valence-corrected chi connectivity index (χ0v) is 21.2. The van der Waals surface area contributed by atoms with Gasteiger partial charge in [0, 0.05) is 25.0 Å². The van der Waals surface area contributed by atoms with Crippen molar-refractivity contribution in [1.29, 1.82) is 0 Å². The third kappa shape index (κ3) is 12.8. The Morgan fingerprint density at radius 2 is 0.921 bits per heavy atom. The average Bonchev–Trinajstić information content (AvgIpc) is 2.92. The maximum absolute atomic E-state index is 11.9. The highest BCUT2D eigenvalue weighted by molar-refractivity contribution is 5.91.